The van der Waals surface area contributed by atoms with Gasteiger partial charge in [-0.2, -0.15) is 0 Å². The van der Waals surface area contributed by atoms with Crippen LogP contribution in [0.15, 0.2) is 48.5 Å². The van der Waals surface area contributed by atoms with Crippen LogP contribution in [-0.4, -0.2) is 21.5 Å². The molecule has 0 atom stereocenters. The van der Waals surface area contributed by atoms with E-state index in [4.69, 9.17) is 0 Å². The minimum Gasteiger partial charge on any atom is -0.494 e. The summed E-state index contributed by atoms with van der Waals surface area (Å²) in [6.45, 7) is 4.17. The average molecular weight is 421 g/mol. The van der Waals surface area contributed by atoms with Crippen molar-refractivity contribution in [3.05, 3.63) is 59.7 Å². The highest BCUT2D eigenvalue weighted by Crippen LogP contribution is 2.33. The third-order valence-electron chi connectivity index (χ3n) is 5.64. The number of hydrogen-bond donors (Lipinski definition) is 2. The highest BCUT2D eigenvalue weighted by atomic mass is 16.3. The van der Waals surface area contributed by atoms with Crippen molar-refractivity contribution in [3.63, 3.8) is 0 Å². The van der Waals surface area contributed by atoms with Gasteiger partial charge in [-0.15, -0.1) is 0 Å². The van der Waals surface area contributed by atoms with Gasteiger partial charge in [0.15, 0.2) is 5.78 Å². The van der Waals surface area contributed by atoms with Crippen LogP contribution in [0.1, 0.15) is 74.2 Å². The third-order valence-corrected chi connectivity index (χ3v) is 5.64. The number of hydrogen-bond acceptors (Lipinski definition) is 3. The molecule has 0 saturated carbocycles. The molecule has 0 aliphatic heterocycles. The largest absolute Gasteiger partial charge is 0.494 e. The highest BCUT2D eigenvalue weighted by molar-refractivity contribution is 6.14. The van der Waals surface area contributed by atoms with Crippen molar-refractivity contribution in [1.29, 1.82) is 0 Å². The number of nitrogens with zero attached hydrogens (tertiary/aromatic N) is 1. The Balaban J connectivity index is 1.75. The number of unbranched alkanes of at least 4 members (excludes halogenated alkanes) is 6. The first-order chi connectivity index (χ1) is 15.0. The van der Waals surface area contributed by atoms with Gasteiger partial charge in [0.1, 0.15) is 0 Å². The molecule has 3 rings (SSSR count). The Morgan fingerprint density at radius 2 is 1.55 bits per heavy atom. The second kappa shape index (κ2) is 10.8. The molecule has 0 radical (unpaired) electrons. The Morgan fingerprint density at radius 1 is 0.903 bits per heavy atom. The van der Waals surface area contributed by atoms with E-state index in [1.807, 2.05) is 37.3 Å². The van der Waals surface area contributed by atoms with Gasteiger partial charge >= 0.3 is 6.03 Å². The van der Waals surface area contributed by atoms with Crippen molar-refractivity contribution in [2.45, 2.75) is 65.2 Å². The fraction of sp³-hybridized carbons (Fsp3) is 0.385. The molecule has 2 aromatic carbocycles. The fourth-order valence-electron chi connectivity index (χ4n) is 3.89. The van der Waals surface area contributed by atoms with E-state index in [1.165, 1.54) is 30.3 Å². The minimum atomic E-state index is -0.493. The Bertz CT molecular complexity index is 1030. The maximum Gasteiger partial charge on any atom is 0.333 e. The summed E-state index contributed by atoms with van der Waals surface area (Å²) in [6.07, 6.45) is 8.22. The lowest BCUT2D eigenvalue weighted by Gasteiger charge is -2.09. The molecule has 3 aromatic rings. The lowest BCUT2D eigenvalue weighted by atomic mass is 10.0. The topological polar surface area (TPSA) is 71.3 Å². The van der Waals surface area contributed by atoms with Crippen LogP contribution in [0.5, 0.6) is 5.88 Å². The molecule has 31 heavy (non-hydrogen) atoms. The molecule has 0 bridgehead atoms. The first-order valence-electron chi connectivity index (χ1n) is 11.3. The number of carbonyl (C=O) groups is 2. The van der Waals surface area contributed by atoms with E-state index in [1.54, 1.807) is 18.2 Å². The van der Waals surface area contributed by atoms with Crippen LogP contribution in [0, 0.1) is 6.92 Å². The number of para-hydroxylation sites is 1. The number of rotatable bonds is 10. The maximum absolute atomic E-state index is 12.9. The summed E-state index contributed by atoms with van der Waals surface area (Å²) in [4.78, 5) is 25.9. The van der Waals surface area contributed by atoms with Crippen molar-refractivity contribution < 1.29 is 14.7 Å². The summed E-state index contributed by atoms with van der Waals surface area (Å²) in [7, 11) is 0. The molecule has 164 valence electrons. The second-order valence-electron chi connectivity index (χ2n) is 8.14. The molecule has 1 aromatic heterocycles. The molecular formula is C26H32N2O3. The molecule has 5 nitrogen and oxygen atoms in total. The minimum absolute atomic E-state index is 0.121. The van der Waals surface area contributed by atoms with Crippen LogP contribution in [-0.2, 0) is 0 Å². The summed E-state index contributed by atoms with van der Waals surface area (Å²) in [6, 6.07) is 14.1. The van der Waals surface area contributed by atoms with E-state index in [9.17, 15) is 14.7 Å². The van der Waals surface area contributed by atoms with E-state index >= 15 is 0 Å². The SMILES string of the molecule is CCCCCCCCCC(=O)c1c(O)n(C(=O)Nc2ccc(C)cc2)c2ccccc12. The van der Waals surface area contributed by atoms with E-state index in [2.05, 4.69) is 12.2 Å². The summed E-state index contributed by atoms with van der Waals surface area (Å²) >= 11 is 0. The molecular weight excluding hydrogens is 388 g/mol. The Morgan fingerprint density at radius 3 is 2.26 bits per heavy atom. The summed E-state index contributed by atoms with van der Waals surface area (Å²) in [5.41, 5.74) is 2.47. The molecule has 0 saturated heterocycles. The van der Waals surface area contributed by atoms with Gasteiger partial charge in [0.2, 0.25) is 5.88 Å². The number of carbonyl (C=O) groups excluding carboxylic acids is 2. The third kappa shape index (κ3) is 5.54. The van der Waals surface area contributed by atoms with Gasteiger partial charge in [-0.05, 0) is 31.5 Å². The number of aryl methyl sites for hydroxylation is 1. The predicted molar refractivity (Wildman–Crippen MR) is 126 cm³/mol. The van der Waals surface area contributed by atoms with Gasteiger partial charge in [-0.1, -0.05) is 81.3 Å². The quantitative estimate of drug-likeness (QED) is 0.272. The highest BCUT2D eigenvalue weighted by Gasteiger charge is 2.25. The summed E-state index contributed by atoms with van der Waals surface area (Å²) < 4.78 is 1.19. The van der Waals surface area contributed by atoms with Gasteiger partial charge < -0.3 is 10.4 Å². The maximum atomic E-state index is 12.9. The van der Waals surface area contributed by atoms with Crippen molar-refractivity contribution >= 4 is 28.4 Å². The van der Waals surface area contributed by atoms with Gasteiger partial charge in [-0.25, -0.2) is 9.36 Å². The second-order valence-corrected chi connectivity index (χ2v) is 8.14. The molecule has 5 heteroatoms. The monoisotopic (exact) mass is 420 g/mol. The molecule has 0 spiro atoms. The lowest BCUT2D eigenvalue weighted by Crippen LogP contribution is -2.19. The van der Waals surface area contributed by atoms with Gasteiger partial charge in [0, 0.05) is 17.5 Å². The van der Waals surface area contributed by atoms with Gasteiger partial charge in [-0.3, -0.25) is 4.79 Å². The number of anilines is 1. The van der Waals surface area contributed by atoms with E-state index in [0.29, 0.717) is 23.0 Å². The Labute approximate surface area is 184 Å². The Kier molecular flexibility index (Phi) is 7.88. The zero-order valence-corrected chi connectivity index (χ0v) is 18.5. The number of aromatic hydroxyl groups is 1. The molecule has 0 aliphatic carbocycles. The van der Waals surface area contributed by atoms with Gasteiger partial charge in [0.25, 0.3) is 0 Å². The number of fused-ring (bicyclic) bond motifs is 1. The van der Waals surface area contributed by atoms with Crippen LogP contribution in [0.4, 0.5) is 10.5 Å². The average Bonchev–Trinajstić information content (AvgIpc) is 3.06. The van der Waals surface area contributed by atoms with Gasteiger partial charge in [0.05, 0.1) is 11.1 Å². The van der Waals surface area contributed by atoms with E-state index in [0.717, 1.165) is 24.8 Å². The molecule has 2 N–H and O–H groups in total. The normalized spacial score (nSPS) is 11.0. The number of nitrogens with one attached hydrogen (secondary N) is 1. The number of amides is 1. The number of benzene rings is 2. The zero-order chi connectivity index (χ0) is 22.2. The Hall–Kier alpha value is -3.08. The standard InChI is InChI=1S/C26H32N2O3/c1-3-4-5-6-7-8-9-14-23(29)24-21-12-10-11-13-22(21)28(25(24)30)26(31)27-20-17-15-19(2)16-18-20/h10-13,15-18,30H,3-9,14H2,1-2H3,(H,27,31). The summed E-state index contributed by atoms with van der Waals surface area (Å²) in [5.74, 6) is -0.414. The van der Waals surface area contributed by atoms with Crippen molar-refractivity contribution in [2.24, 2.45) is 0 Å². The van der Waals surface area contributed by atoms with Crippen LogP contribution in [0.2, 0.25) is 0 Å². The smallest absolute Gasteiger partial charge is 0.333 e. The van der Waals surface area contributed by atoms with E-state index in [-0.39, 0.29) is 17.2 Å². The number of ketones is 1. The van der Waals surface area contributed by atoms with Crippen LogP contribution in [0.25, 0.3) is 10.9 Å². The van der Waals surface area contributed by atoms with Crippen LogP contribution < -0.4 is 5.32 Å². The first-order valence-corrected chi connectivity index (χ1v) is 11.3. The summed E-state index contributed by atoms with van der Waals surface area (Å²) in [5, 5.41) is 14.3. The van der Waals surface area contributed by atoms with Crippen molar-refractivity contribution in [2.75, 3.05) is 5.32 Å². The molecule has 0 aliphatic rings. The fourth-order valence-corrected chi connectivity index (χ4v) is 3.89. The first kappa shape index (κ1) is 22.6. The molecule has 0 fully saturated rings. The molecule has 1 amide bonds. The van der Waals surface area contributed by atoms with Crippen molar-refractivity contribution in [1.82, 2.24) is 4.57 Å². The number of aromatic nitrogens is 1. The molecule has 0 unspecified atom stereocenters. The predicted octanol–water partition coefficient (Wildman–Crippen LogP) is 7.06. The number of Topliss-reactive ketones (excluding diaryl/α,β-unsaturated/α-hetero) is 1. The van der Waals surface area contributed by atoms with Crippen molar-refractivity contribution in [3.8, 4) is 5.88 Å². The van der Waals surface area contributed by atoms with E-state index < -0.39 is 6.03 Å². The van der Waals surface area contributed by atoms with Crippen LogP contribution in [0.3, 0.4) is 0 Å². The molecule has 1 heterocycles. The van der Waals surface area contributed by atoms with Crippen LogP contribution >= 0.6 is 0 Å². The lowest BCUT2D eigenvalue weighted by molar-refractivity contribution is 0.0978. The zero-order valence-electron chi connectivity index (χ0n) is 18.5.